The minimum atomic E-state index is -0.466. The van der Waals surface area contributed by atoms with Crippen molar-refractivity contribution in [2.24, 2.45) is 5.10 Å². The van der Waals surface area contributed by atoms with E-state index in [9.17, 15) is 9.59 Å². The van der Waals surface area contributed by atoms with Crippen LogP contribution in [-0.2, 0) is 9.59 Å². The molecule has 0 saturated carbocycles. The van der Waals surface area contributed by atoms with Crippen molar-refractivity contribution in [3.63, 3.8) is 0 Å². The summed E-state index contributed by atoms with van der Waals surface area (Å²) < 4.78 is 0. The van der Waals surface area contributed by atoms with Crippen molar-refractivity contribution in [2.45, 2.75) is 30.7 Å². The van der Waals surface area contributed by atoms with Crippen molar-refractivity contribution in [3.05, 3.63) is 71.8 Å². The molecule has 0 aromatic heterocycles. The second kappa shape index (κ2) is 7.19. The minimum Gasteiger partial charge on any atom is -0.315 e. The molecule has 2 amide bonds. The van der Waals surface area contributed by atoms with Crippen molar-refractivity contribution in [3.8, 4) is 0 Å². The fourth-order valence-corrected chi connectivity index (χ4v) is 5.12. The van der Waals surface area contributed by atoms with Gasteiger partial charge in [0.15, 0.2) is 0 Å². The lowest BCUT2D eigenvalue weighted by Crippen LogP contribution is -2.49. The van der Waals surface area contributed by atoms with E-state index in [2.05, 4.69) is 10.5 Å². The predicted molar refractivity (Wildman–Crippen MR) is 107 cm³/mol. The van der Waals surface area contributed by atoms with E-state index in [1.54, 1.807) is 16.7 Å². The van der Waals surface area contributed by atoms with E-state index in [-0.39, 0.29) is 16.7 Å². The number of carbonyl (C=O) groups is 2. The topological polar surface area (TPSA) is 61.8 Å². The number of rotatable bonds is 4. The van der Waals surface area contributed by atoms with Crippen LogP contribution in [0.3, 0.4) is 0 Å². The average Bonchev–Trinajstić information content (AvgIpc) is 3.19. The van der Waals surface area contributed by atoms with Crippen LogP contribution in [0.25, 0.3) is 0 Å². The smallest absolute Gasteiger partial charge is 0.263 e. The monoisotopic (exact) mass is 379 g/mol. The van der Waals surface area contributed by atoms with E-state index in [1.807, 2.05) is 67.6 Å². The highest BCUT2D eigenvalue weighted by molar-refractivity contribution is 8.01. The van der Waals surface area contributed by atoms with Crippen LogP contribution in [0.4, 0.5) is 0 Å². The standard InChI is InChI=1S/C21H21N3O2S/c1-21-13-12-18(25)24(21)17(14-27-21)20(26)23-22-19(15-8-4-2-5-9-15)16-10-6-3-7-11-16/h2-11,17H,12-14H2,1H3,(H,23,26). The van der Waals surface area contributed by atoms with Gasteiger partial charge in [-0.05, 0) is 13.3 Å². The van der Waals surface area contributed by atoms with Gasteiger partial charge in [0.2, 0.25) is 5.91 Å². The van der Waals surface area contributed by atoms with E-state index in [0.717, 1.165) is 17.5 Å². The van der Waals surface area contributed by atoms with E-state index < -0.39 is 6.04 Å². The number of benzene rings is 2. The third-order valence-corrected chi connectivity index (χ3v) is 6.62. The SMILES string of the molecule is CC12CCC(=O)N1C(C(=O)NN=C(c1ccccc1)c1ccccc1)CS2. The van der Waals surface area contributed by atoms with Crippen molar-refractivity contribution in [2.75, 3.05) is 5.75 Å². The lowest BCUT2D eigenvalue weighted by molar-refractivity contribution is -0.137. The predicted octanol–water partition coefficient (Wildman–Crippen LogP) is 3.01. The maximum absolute atomic E-state index is 12.8. The number of nitrogens with zero attached hydrogens (tertiary/aromatic N) is 2. The molecular weight excluding hydrogens is 358 g/mol. The van der Waals surface area contributed by atoms with Gasteiger partial charge >= 0.3 is 0 Å². The zero-order chi connectivity index (χ0) is 18.9. The van der Waals surface area contributed by atoms with Gasteiger partial charge in [-0.15, -0.1) is 11.8 Å². The molecule has 138 valence electrons. The second-order valence-electron chi connectivity index (χ2n) is 6.93. The van der Waals surface area contributed by atoms with Crippen LogP contribution in [0.1, 0.15) is 30.9 Å². The quantitative estimate of drug-likeness (QED) is 0.656. The molecule has 2 aromatic carbocycles. The summed E-state index contributed by atoms with van der Waals surface area (Å²) in [6, 6.07) is 19.0. The van der Waals surface area contributed by atoms with Crippen LogP contribution in [-0.4, -0.2) is 39.1 Å². The highest BCUT2D eigenvalue weighted by Crippen LogP contribution is 2.47. The van der Waals surface area contributed by atoms with Crippen LogP contribution in [0, 0.1) is 0 Å². The number of nitrogens with one attached hydrogen (secondary N) is 1. The Kier molecular flexibility index (Phi) is 4.74. The molecule has 2 fully saturated rings. The van der Waals surface area contributed by atoms with Gasteiger partial charge in [-0.25, -0.2) is 5.43 Å². The van der Waals surface area contributed by atoms with Crippen LogP contribution in [0.5, 0.6) is 0 Å². The molecule has 0 radical (unpaired) electrons. The van der Waals surface area contributed by atoms with Gasteiger partial charge < -0.3 is 4.90 Å². The number of hydrazone groups is 1. The van der Waals surface area contributed by atoms with Gasteiger partial charge in [-0.3, -0.25) is 9.59 Å². The Labute approximate surface area is 162 Å². The number of carbonyl (C=O) groups excluding carboxylic acids is 2. The Hall–Kier alpha value is -2.60. The Morgan fingerprint density at radius 1 is 1.11 bits per heavy atom. The minimum absolute atomic E-state index is 0.0537. The molecular formula is C21H21N3O2S. The molecule has 4 rings (SSSR count). The molecule has 2 aromatic rings. The fraction of sp³-hybridized carbons (Fsp3) is 0.286. The maximum Gasteiger partial charge on any atom is 0.263 e. The third kappa shape index (κ3) is 3.37. The molecule has 2 saturated heterocycles. The highest BCUT2D eigenvalue weighted by Gasteiger charge is 2.52. The Morgan fingerprint density at radius 3 is 2.30 bits per heavy atom. The molecule has 2 unspecified atom stereocenters. The summed E-state index contributed by atoms with van der Waals surface area (Å²) in [5.74, 6) is 0.430. The molecule has 2 atom stereocenters. The molecule has 6 heteroatoms. The lowest BCUT2D eigenvalue weighted by Gasteiger charge is -2.29. The Morgan fingerprint density at radius 2 is 1.70 bits per heavy atom. The van der Waals surface area contributed by atoms with Gasteiger partial charge in [0.1, 0.15) is 6.04 Å². The van der Waals surface area contributed by atoms with Gasteiger partial charge in [-0.2, -0.15) is 5.10 Å². The molecule has 0 bridgehead atoms. The molecule has 2 heterocycles. The van der Waals surface area contributed by atoms with Gasteiger partial charge in [0.05, 0.1) is 10.6 Å². The average molecular weight is 379 g/mol. The van der Waals surface area contributed by atoms with Crippen molar-refractivity contribution < 1.29 is 9.59 Å². The molecule has 2 aliphatic heterocycles. The molecule has 27 heavy (non-hydrogen) atoms. The largest absolute Gasteiger partial charge is 0.315 e. The number of thioether (sulfide) groups is 1. The normalized spacial score (nSPS) is 23.8. The number of hydrogen-bond donors (Lipinski definition) is 1. The second-order valence-corrected chi connectivity index (χ2v) is 8.44. The van der Waals surface area contributed by atoms with Crippen LogP contribution < -0.4 is 5.43 Å². The summed E-state index contributed by atoms with van der Waals surface area (Å²) in [5.41, 5.74) is 5.26. The molecule has 0 aliphatic carbocycles. The van der Waals surface area contributed by atoms with E-state index in [4.69, 9.17) is 0 Å². The number of amides is 2. The van der Waals surface area contributed by atoms with Crippen molar-refractivity contribution >= 4 is 29.3 Å². The Balaban J connectivity index is 1.59. The van der Waals surface area contributed by atoms with E-state index >= 15 is 0 Å². The van der Waals surface area contributed by atoms with Crippen LogP contribution >= 0.6 is 11.8 Å². The summed E-state index contributed by atoms with van der Waals surface area (Å²) >= 11 is 1.68. The number of fused-ring (bicyclic) bond motifs is 1. The summed E-state index contributed by atoms with van der Waals surface area (Å²) in [6.07, 6.45) is 1.30. The highest BCUT2D eigenvalue weighted by atomic mass is 32.2. The number of hydrogen-bond acceptors (Lipinski definition) is 4. The summed E-state index contributed by atoms with van der Waals surface area (Å²) in [4.78, 5) is 26.6. The molecule has 1 N–H and O–H groups in total. The van der Waals surface area contributed by atoms with Gasteiger partial charge in [0.25, 0.3) is 5.91 Å². The first-order valence-electron chi connectivity index (χ1n) is 9.03. The van der Waals surface area contributed by atoms with Gasteiger partial charge in [-0.1, -0.05) is 60.7 Å². The lowest BCUT2D eigenvalue weighted by atomic mass is 10.0. The molecule has 0 spiro atoms. The van der Waals surface area contributed by atoms with Crippen LogP contribution in [0.2, 0.25) is 0 Å². The first kappa shape index (κ1) is 17.8. The van der Waals surface area contributed by atoms with Crippen molar-refractivity contribution in [1.82, 2.24) is 10.3 Å². The summed E-state index contributed by atoms with van der Waals surface area (Å²) in [7, 11) is 0. The van der Waals surface area contributed by atoms with Crippen molar-refractivity contribution in [1.29, 1.82) is 0 Å². The Bertz CT molecular complexity index is 843. The first-order chi connectivity index (χ1) is 13.1. The van der Waals surface area contributed by atoms with E-state index in [1.165, 1.54) is 0 Å². The first-order valence-corrected chi connectivity index (χ1v) is 10.0. The van der Waals surface area contributed by atoms with Gasteiger partial charge in [0, 0.05) is 23.3 Å². The zero-order valence-corrected chi connectivity index (χ0v) is 15.9. The molecule has 2 aliphatic rings. The van der Waals surface area contributed by atoms with E-state index in [0.29, 0.717) is 17.9 Å². The maximum atomic E-state index is 12.8. The third-order valence-electron chi connectivity index (χ3n) is 5.12. The summed E-state index contributed by atoms with van der Waals surface area (Å²) in [5, 5.41) is 4.44. The molecule has 5 nitrogen and oxygen atoms in total. The zero-order valence-electron chi connectivity index (χ0n) is 15.1. The van der Waals surface area contributed by atoms with Crippen LogP contribution in [0.15, 0.2) is 65.8 Å². The fourth-order valence-electron chi connectivity index (χ4n) is 3.69. The summed E-state index contributed by atoms with van der Waals surface area (Å²) in [6.45, 7) is 2.04.